The van der Waals surface area contributed by atoms with Crippen LogP contribution >= 0.6 is 0 Å². The van der Waals surface area contributed by atoms with Crippen LogP contribution in [0.4, 0.5) is 9.59 Å². The van der Waals surface area contributed by atoms with Crippen LogP contribution in [0.15, 0.2) is 130 Å². The average molecular weight is 1060 g/mol. The van der Waals surface area contributed by atoms with E-state index in [-0.39, 0.29) is 50.3 Å². The van der Waals surface area contributed by atoms with Gasteiger partial charge < -0.3 is 51.2 Å². The van der Waals surface area contributed by atoms with E-state index in [1.54, 1.807) is 13.8 Å². The second-order valence-corrected chi connectivity index (χ2v) is 19.6. The quantitative estimate of drug-likeness (QED) is 0.0313. The van der Waals surface area contributed by atoms with E-state index in [0.717, 1.165) is 33.4 Å². The molecule has 0 saturated heterocycles. The van der Waals surface area contributed by atoms with Gasteiger partial charge in [-0.3, -0.25) is 28.8 Å². The first-order valence-electron chi connectivity index (χ1n) is 24.4. The zero-order chi connectivity index (χ0) is 57.5. The number of ether oxygens (including phenoxy) is 2. The molecule has 20 heteroatoms. The van der Waals surface area contributed by atoms with Crippen molar-refractivity contribution in [1.82, 2.24) is 21.3 Å². The third-order valence-electron chi connectivity index (χ3n) is 12.0. The second-order valence-electron chi connectivity index (χ2n) is 19.6. The molecule has 4 atom stereocenters. The Labute approximate surface area is 442 Å². The molecule has 0 aromatic carbocycles. The van der Waals surface area contributed by atoms with Gasteiger partial charge in [0.05, 0.1) is 25.7 Å². The molecule has 0 aliphatic heterocycles. The highest BCUT2D eigenvalue weighted by atomic mass is 16.6. The van der Waals surface area contributed by atoms with E-state index in [2.05, 4.69) is 10.6 Å². The molecule has 8 N–H and O–H groups in total. The summed E-state index contributed by atoms with van der Waals surface area (Å²) >= 11 is 0. The van der Waals surface area contributed by atoms with Crippen molar-refractivity contribution < 1.29 is 77.8 Å². The van der Waals surface area contributed by atoms with Crippen molar-refractivity contribution in [1.29, 1.82) is 0 Å². The number of allylic oxidation sites excluding steroid dienone is 20. The largest absolute Gasteiger partial charge is 0.481 e. The van der Waals surface area contributed by atoms with Gasteiger partial charge in [-0.1, -0.05) is 135 Å². The van der Waals surface area contributed by atoms with Crippen LogP contribution in [-0.4, -0.2) is 117 Å². The fourth-order valence-electron chi connectivity index (χ4n) is 7.92. The molecule has 0 saturated carbocycles. The van der Waals surface area contributed by atoms with E-state index >= 15 is 0 Å². The van der Waals surface area contributed by atoms with E-state index in [1.165, 1.54) is 0 Å². The molecule has 0 heterocycles. The summed E-state index contributed by atoms with van der Waals surface area (Å²) in [6.07, 6.45) is 23.2. The molecule has 0 radical (unpaired) electrons. The van der Waals surface area contributed by atoms with Crippen molar-refractivity contribution in [3.05, 3.63) is 130 Å². The predicted octanol–water partition coefficient (Wildman–Crippen LogP) is 7.24. The minimum Gasteiger partial charge on any atom is -0.481 e. The highest BCUT2D eigenvalue weighted by molar-refractivity contribution is 6.02. The number of ketones is 2. The van der Waals surface area contributed by atoms with Gasteiger partial charge >= 0.3 is 47.9 Å². The SMILES string of the molecule is CC1=C(/C=C/C(C)=C/C=C/C(C)=C/C=C/C=C(C)/C=C/C=C(C)/C=C/C2=C(C)C(=O)C(OC(=O)CCNC(=O)NC(CC(=O)O)C(=O)O)CC2(C)C)C(C)(C)CC(OC(=O)CCNC(=O)NC(CC(=O)O)C(=O)O)C1=O. The van der Waals surface area contributed by atoms with Gasteiger partial charge in [-0.25, -0.2) is 19.2 Å². The molecule has 0 aromatic heterocycles. The lowest BCUT2D eigenvalue weighted by Crippen LogP contribution is -2.47. The second kappa shape index (κ2) is 30.3. The standard InChI is InChI=1S/C56H72N4O16/c1-33(17-13-19-35(3)21-23-39-37(5)49(67)43(31-55(39,7)8)75-47(65)25-27-57-53(73)59-41(51(69)70)29-45(61)62)15-11-12-16-34(2)18-14-20-36(4)22-24-40-38(6)50(68)44(32-56(40,9)10)76-48(66)26-28-58-54(74)60-42(52(71)72)30-46(63)64/h11-24,41-44H,25-32H2,1-10H3,(H,61,62)(H,63,64)(H,69,70)(H,71,72)(H2,57,59,73)(H2,58,60,74)/b12-11+,17-13+,18-14+,23-21+,24-22+,33-15+,34-16+,35-19+,36-20+. The zero-order valence-corrected chi connectivity index (χ0v) is 44.7. The van der Waals surface area contributed by atoms with Gasteiger partial charge in [-0.15, -0.1) is 0 Å². The Hall–Kier alpha value is -8.16. The first-order valence-corrected chi connectivity index (χ1v) is 24.4. The molecule has 2 rings (SSSR count). The number of amides is 4. The number of carbonyl (C=O) groups excluding carboxylic acids is 6. The van der Waals surface area contributed by atoms with Gasteiger partial charge in [0.2, 0.25) is 0 Å². The van der Waals surface area contributed by atoms with Crippen LogP contribution in [0.5, 0.6) is 0 Å². The molecule has 412 valence electrons. The zero-order valence-electron chi connectivity index (χ0n) is 44.7. The molecule has 76 heavy (non-hydrogen) atoms. The Morgan fingerprint density at radius 1 is 0.539 bits per heavy atom. The number of nitrogens with one attached hydrogen (secondary N) is 4. The third kappa shape index (κ3) is 22.5. The summed E-state index contributed by atoms with van der Waals surface area (Å²) in [7, 11) is 0. The van der Waals surface area contributed by atoms with Crippen LogP contribution in [0, 0.1) is 10.8 Å². The molecular weight excluding hydrogens is 985 g/mol. The number of rotatable bonds is 26. The molecule has 2 aliphatic carbocycles. The van der Waals surface area contributed by atoms with Crippen molar-refractivity contribution in [2.75, 3.05) is 13.1 Å². The molecule has 0 fully saturated rings. The van der Waals surface area contributed by atoms with E-state index < -0.39 is 95.8 Å². The summed E-state index contributed by atoms with van der Waals surface area (Å²) in [6, 6.07) is -5.24. The van der Waals surface area contributed by atoms with E-state index in [1.807, 2.05) is 151 Å². The average Bonchev–Trinajstić information content (AvgIpc) is 3.30. The Balaban J connectivity index is 1.92. The molecule has 2 aliphatic rings. The number of aliphatic carboxylic acids is 4. The van der Waals surface area contributed by atoms with Crippen molar-refractivity contribution in [2.24, 2.45) is 10.8 Å². The van der Waals surface area contributed by atoms with Crippen molar-refractivity contribution in [3.63, 3.8) is 0 Å². The normalized spacial score (nSPS) is 19.3. The summed E-state index contributed by atoms with van der Waals surface area (Å²) < 4.78 is 11.0. The monoisotopic (exact) mass is 1060 g/mol. The minimum atomic E-state index is -1.65. The maximum atomic E-state index is 13.3. The molecule has 0 bridgehead atoms. The Morgan fingerprint density at radius 3 is 1.17 bits per heavy atom. The number of carboxylic acid groups (broad SMARTS) is 4. The number of hydrogen-bond donors (Lipinski definition) is 8. The number of carbonyl (C=O) groups is 10. The van der Waals surface area contributed by atoms with E-state index in [0.29, 0.717) is 11.1 Å². The van der Waals surface area contributed by atoms with Crippen molar-refractivity contribution >= 4 is 59.4 Å². The topological polar surface area (TPSA) is 318 Å². The lowest BCUT2D eigenvalue weighted by Gasteiger charge is -2.36. The summed E-state index contributed by atoms with van der Waals surface area (Å²) in [6.45, 7) is 18.5. The van der Waals surface area contributed by atoms with E-state index in [4.69, 9.17) is 29.9 Å². The van der Waals surface area contributed by atoms with Crippen LogP contribution in [0.25, 0.3) is 0 Å². The van der Waals surface area contributed by atoms with Crippen LogP contribution in [-0.2, 0) is 47.8 Å². The van der Waals surface area contributed by atoms with E-state index in [9.17, 15) is 47.9 Å². The van der Waals surface area contributed by atoms with Gasteiger partial charge in [0.25, 0.3) is 0 Å². The van der Waals surface area contributed by atoms with Crippen molar-refractivity contribution in [3.8, 4) is 0 Å². The number of hydrogen-bond acceptors (Lipinski definition) is 12. The predicted molar refractivity (Wildman–Crippen MR) is 282 cm³/mol. The molecule has 20 nitrogen and oxygen atoms in total. The third-order valence-corrected chi connectivity index (χ3v) is 12.0. The van der Waals surface area contributed by atoms with Gasteiger partial charge in [0, 0.05) is 25.9 Å². The number of esters is 2. The maximum absolute atomic E-state index is 13.3. The lowest BCUT2D eigenvalue weighted by atomic mass is 9.71. The highest BCUT2D eigenvalue weighted by Gasteiger charge is 2.41. The van der Waals surface area contributed by atoms with Crippen LogP contribution in [0.2, 0.25) is 0 Å². The van der Waals surface area contributed by atoms with Crippen molar-refractivity contribution in [2.45, 2.75) is 132 Å². The summed E-state index contributed by atoms with van der Waals surface area (Å²) in [4.78, 5) is 120. The number of urea groups is 2. The van der Waals surface area contributed by atoms with Gasteiger partial charge in [0.1, 0.15) is 12.1 Å². The number of Topliss-reactive ketones (excluding diaryl/α,β-unsaturated/α-hetero) is 2. The Kier molecular flexibility index (Phi) is 25.5. The van der Waals surface area contributed by atoms with Gasteiger partial charge in [-0.05, 0) is 74.7 Å². The van der Waals surface area contributed by atoms with Gasteiger partial charge in [-0.2, -0.15) is 0 Å². The smallest absolute Gasteiger partial charge is 0.326 e. The van der Waals surface area contributed by atoms with Gasteiger partial charge in [0.15, 0.2) is 23.8 Å². The summed E-state index contributed by atoms with van der Waals surface area (Å²) in [5, 5.41) is 44.4. The van der Waals surface area contributed by atoms with Crippen LogP contribution < -0.4 is 21.3 Å². The molecule has 4 amide bonds. The fraction of sp³-hybridized carbons (Fsp3) is 0.429. The first kappa shape index (κ1) is 64.0. The summed E-state index contributed by atoms with van der Waals surface area (Å²) in [5.74, 6) is -8.03. The summed E-state index contributed by atoms with van der Waals surface area (Å²) in [5.41, 5.74) is 5.34. The molecule has 0 spiro atoms. The fourth-order valence-corrected chi connectivity index (χ4v) is 7.92. The van der Waals surface area contributed by atoms with Crippen LogP contribution in [0.1, 0.15) is 108 Å². The first-order chi connectivity index (χ1) is 35.4. The maximum Gasteiger partial charge on any atom is 0.326 e. The number of carboxylic acids is 4. The van der Waals surface area contributed by atoms with Crippen LogP contribution in [0.3, 0.4) is 0 Å². The minimum absolute atomic E-state index is 0.230. The molecule has 0 aromatic rings. The Bertz CT molecular complexity index is 2440. The lowest BCUT2D eigenvalue weighted by molar-refractivity contribution is -0.156. The molecular formula is C56H72N4O16. The highest BCUT2D eigenvalue weighted by Crippen LogP contribution is 2.42. The molecule has 4 unspecified atom stereocenters. The Morgan fingerprint density at radius 2 is 0.855 bits per heavy atom.